The maximum atomic E-state index is 16.5. The Morgan fingerprint density at radius 2 is 1.18 bits per heavy atom. The zero-order valence-electron chi connectivity index (χ0n) is 66.8. The highest BCUT2D eigenvalue weighted by atomic mass is 35.5. The lowest BCUT2D eigenvalue weighted by Gasteiger charge is -2.55. The van der Waals surface area contributed by atoms with Crippen LogP contribution in [0.4, 0.5) is 0 Å². The average Bonchev–Trinajstić information content (AvgIpc) is 0.758. The molecule has 2 saturated heterocycles. The second kappa shape index (κ2) is 39.8. The van der Waals surface area contributed by atoms with E-state index in [1.54, 1.807) is 7.05 Å². The van der Waals surface area contributed by atoms with Crippen molar-refractivity contribution in [2.24, 2.45) is 76.7 Å². The summed E-state index contributed by atoms with van der Waals surface area (Å²) in [6.45, 7) is 5.81. The molecule has 115 heavy (non-hydrogen) atoms. The second-order valence-electron chi connectivity index (χ2n) is 36.1. The monoisotopic (exact) mass is 1660 g/mol. The molecule has 6 unspecified atom stereocenters. The van der Waals surface area contributed by atoms with Crippen molar-refractivity contribution >= 4 is 70.5 Å². The lowest BCUT2D eigenvalue weighted by Crippen LogP contribution is -2.68. The van der Waals surface area contributed by atoms with Gasteiger partial charge in [0, 0.05) is 18.5 Å². The van der Waals surface area contributed by atoms with E-state index in [0.717, 1.165) is 64.2 Å². The molecule has 8 amide bonds. The van der Waals surface area contributed by atoms with Gasteiger partial charge in [-0.25, -0.2) is 0 Å². The van der Waals surface area contributed by atoms with Crippen LogP contribution in [-0.4, -0.2) is 246 Å². The number of hydrogen-bond donors (Lipinski definition) is 19. The van der Waals surface area contributed by atoms with Gasteiger partial charge in [0.05, 0.1) is 60.3 Å². The Bertz CT molecular complexity index is 3490. The first kappa shape index (κ1) is 88.8. The predicted molar refractivity (Wildman–Crippen MR) is 420 cm³/mol. The van der Waals surface area contributed by atoms with E-state index in [2.05, 4.69) is 54.8 Å². The molecule has 33 heteroatoms. The fourth-order valence-corrected chi connectivity index (χ4v) is 22.5. The lowest BCUT2D eigenvalue weighted by molar-refractivity contribution is -0.278. The smallest absolute Gasteiger partial charge is 0.247 e. The summed E-state index contributed by atoms with van der Waals surface area (Å²) in [5, 5.41) is 133. The van der Waals surface area contributed by atoms with Crippen LogP contribution in [0, 0.1) is 71.0 Å². The summed E-state index contributed by atoms with van der Waals surface area (Å²) < 4.78 is 26.3. The Morgan fingerprint density at radius 1 is 0.591 bits per heavy atom. The van der Waals surface area contributed by atoms with Crippen molar-refractivity contribution in [3.8, 4) is 17.2 Å². The number of nitrogens with one attached hydrogen (secondary N) is 9. The summed E-state index contributed by atoms with van der Waals surface area (Å²) in [5.41, 5.74) is 5.64. The first-order valence-corrected chi connectivity index (χ1v) is 43.9. The highest BCUT2D eigenvalue weighted by Crippen LogP contribution is 2.55. The van der Waals surface area contributed by atoms with Crippen molar-refractivity contribution < 1.29 is 103 Å². The average molecular weight is 1660 g/mol. The number of carbonyl (C=O) groups is 8. The molecule has 15 bridgehead atoms. The molecule has 14 aliphatic rings. The third-order valence-corrected chi connectivity index (χ3v) is 28.6. The fraction of sp³-hybridized carbons (Fsp3) is 0.829. The number of halogens is 2. The molecule has 0 aromatic heterocycles. The van der Waals surface area contributed by atoms with Crippen molar-refractivity contribution in [2.45, 2.75) is 327 Å². The Balaban J connectivity index is 0.963. The molecule has 0 spiro atoms. The summed E-state index contributed by atoms with van der Waals surface area (Å²) in [4.78, 5) is 123. The molecule has 10 fully saturated rings. The van der Waals surface area contributed by atoms with Crippen molar-refractivity contribution in [3.63, 3.8) is 0 Å². The third-order valence-electron chi connectivity index (χ3n) is 27.7. The van der Waals surface area contributed by atoms with E-state index in [1.165, 1.54) is 44.2 Å². The molecule has 15 rings (SSSR count). The van der Waals surface area contributed by atoms with Gasteiger partial charge in [-0.2, -0.15) is 0 Å². The molecule has 1 aromatic carbocycles. The van der Waals surface area contributed by atoms with Crippen LogP contribution in [0.1, 0.15) is 206 Å². The predicted octanol–water partition coefficient (Wildman–Crippen LogP) is 1.23. The molecule has 0 radical (unpaired) electrons. The van der Waals surface area contributed by atoms with Crippen molar-refractivity contribution in [1.29, 1.82) is 0 Å². The first-order valence-electron chi connectivity index (χ1n) is 43.0. The quantitative estimate of drug-likeness (QED) is 0.0483. The number of alkyl halides is 2. The van der Waals surface area contributed by atoms with Crippen LogP contribution in [0.3, 0.4) is 0 Å². The SMILES string of the molecule is CCCCCCCCCCCCNCC1C(O)CC2C(C3C[C@H](CC[C@H]3O)[C@H]3NC(=O)[C@@H]4NC(=O)[C@H](CC(N)=O)NC(=O)[C@H](NC(=O)[C@@H](CC(C)C)NC)[C@H](O)[C@H]5CC[C@@H](Oc6cc4cc(c6O[C@@H]4O[C@H](CO)[C@@H](O)[C@H](O)[C@H]4O)O[C@@H]4CC[C@@H](CC4Cl)[C@@H](O)[C@H](NC3=O)C(=O)N[C@@H]2C(=O)NC2C3CC4CC(C3)CC2C4)[C@H](Cl)C5)[C@H]1O. The Kier molecular flexibility index (Phi) is 30.7. The molecule has 8 aliphatic carbocycles. The van der Waals surface area contributed by atoms with E-state index >= 15 is 28.8 Å². The number of hydrogen-bond acceptors (Lipinski definition) is 23. The van der Waals surface area contributed by atoms with E-state index in [4.69, 9.17) is 47.9 Å². The van der Waals surface area contributed by atoms with Gasteiger partial charge in [0.2, 0.25) is 59.3 Å². The number of aliphatic hydroxyl groups excluding tert-OH is 9. The van der Waals surface area contributed by atoms with E-state index in [9.17, 15) is 55.5 Å². The molecular formula is C82H128Cl2N10O21. The Hall–Kier alpha value is -5.52. The van der Waals surface area contributed by atoms with Crippen LogP contribution in [0.5, 0.6) is 17.2 Å². The molecule has 8 saturated carbocycles. The van der Waals surface area contributed by atoms with Gasteiger partial charge in [0.1, 0.15) is 72.9 Å². The zero-order chi connectivity index (χ0) is 82.4. The van der Waals surface area contributed by atoms with E-state index in [1.807, 2.05) is 13.8 Å². The minimum absolute atomic E-state index is 0.00452. The third kappa shape index (κ3) is 20.7. The summed E-state index contributed by atoms with van der Waals surface area (Å²) in [6.07, 6.45) is -4.07. The number of fused-ring (bicyclic) bond motifs is 15. The number of benzene rings is 1. The van der Waals surface area contributed by atoms with Crippen LogP contribution in [0.2, 0.25) is 0 Å². The molecule has 646 valence electrons. The summed E-state index contributed by atoms with van der Waals surface area (Å²) in [5.74, 6) is -14.7. The van der Waals surface area contributed by atoms with Crippen molar-refractivity contribution in [3.05, 3.63) is 17.7 Å². The Labute approximate surface area is 683 Å². The standard InChI is InChI=1S/C82H128Cl2N10O21/c1-5-6-7-8-9-10-11-12-13-14-21-87-35-48-54(97)33-47-61(70(48)101)46-28-40(15-18-53(46)96)63-77(107)94-67(81(111)92-65(47)79(109)89-62-43-24-38-23-39(26-43)27-44(62)25-38)69(100)42-17-20-56(50(84)30-42)113-58-32-45-31-57(74(58)115-82-73(104)72(103)71(102)59(36-95)114-82)112-55-19-16-41(29-49(55)83)68(99)66(93-75(105)51(86-4)22-37(2)3)80(110)88-52(34-60(85)98)76(106)90-64(45)78(108)91-63/h31-32,37-44,46-56,59,61-73,82,86-87,95-97,99-104H,5-30,33-36H2,1-4H3,(H2,85,98)(H,88,110)(H,89,109)(H,90,106)(H,91,108)(H,92,111)(H,93,105)(H,94,107)/t38?,39?,40-,41-,42-,43?,44?,46?,47?,48?,49+,50?,51+,52-,53+,54?,55+,56+,59+,61?,62?,63+,64+,65-,66+,67-,68+,69+,70-,71+,72-,73+,82-/m0/s1. The Morgan fingerprint density at radius 3 is 1.77 bits per heavy atom. The number of likely N-dealkylation sites (N-methyl/N-ethyl adjacent to an activating group) is 1. The topological polar surface area (TPSA) is 490 Å². The van der Waals surface area contributed by atoms with Crippen LogP contribution < -0.4 is 67.8 Å². The number of primary amides is 1. The number of carbonyl (C=O) groups excluding carboxylic acids is 8. The highest BCUT2D eigenvalue weighted by Gasteiger charge is 2.58. The van der Waals surface area contributed by atoms with Gasteiger partial charge >= 0.3 is 0 Å². The summed E-state index contributed by atoms with van der Waals surface area (Å²) >= 11 is 14.8. The minimum Gasteiger partial charge on any atom is -0.485 e. The highest BCUT2D eigenvalue weighted by molar-refractivity contribution is 6.21. The molecule has 31 nitrogen and oxygen atoms in total. The molecule has 6 heterocycles. The van der Waals surface area contributed by atoms with Gasteiger partial charge in [-0.1, -0.05) is 78.6 Å². The number of unbranched alkanes of at least 4 members (excludes halogenated alkanes) is 9. The molecule has 20 N–H and O–H groups in total. The maximum Gasteiger partial charge on any atom is 0.247 e. The zero-order valence-corrected chi connectivity index (χ0v) is 68.3. The van der Waals surface area contributed by atoms with Gasteiger partial charge < -0.3 is 118 Å². The van der Waals surface area contributed by atoms with Crippen LogP contribution in [-0.2, 0) is 43.1 Å². The summed E-state index contributed by atoms with van der Waals surface area (Å²) in [6, 6.07) is -9.83. The van der Waals surface area contributed by atoms with Gasteiger partial charge in [0.15, 0.2) is 11.5 Å². The van der Waals surface area contributed by atoms with E-state index < -0.39 is 234 Å². The van der Waals surface area contributed by atoms with E-state index in [0.29, 0.717) is 18.4 Å². The maximum absolute atomic E-state index is 16.5. The van der Waals surface area contributed by atoms with Crippen molar-refractivity contribution in [1.82, 2.24) is 47.9 Å². The van der Waals surface area contributed by atoms with Gasteiger partial charge in [-0.15, -0.1) is 23.2 Å². The molecule has 6 aliphatic heterocycles. The van der Waals surface area contributed by atoms with Crippen LogP contribution in [0.15, 0.2) is 12.1 Å². The largest absolute Gasteiger partial charge is 0.485 e. The molecule has 28 atom stereocenters. The molecular weight excluding hydrogens is 1530 g/mol. The summed E-state index contributed by atoms with van der Waals surface area (Å²) in [7, 11) is 1.54. The van der Waals surface area contributed by atoms with Crippen LogP contribution >= 0.6 is 23.2 Å². The minimum atomic E-state index is -2.12. The van der Waals surface area contributed by atoms with Gasteiger partial charge in [-0.3, -0.25) is 38.4 Å². The number of rotatable bonds is 25. The van der Waals surface area contributed by atoms with Crippen molar-refractivity contribution in [2.75, 3.05) is 26.7 Å². The molecule has 1 aromatic rings. The lowest BCUT2D eigenvalue weighted by atomic mass is 9.54. The number of aliphatic hydroxyl groups is 9. The van der Waals surface area contributed by atoms with E-state index in [-0.39, 0.29) is 118 Å². The normalized spacial score (nSPS) is 40.4. The fourth-order valence-electron chi connectivity index (χ4n) is 21.6. The van der Waals surface area contributed by atoms with Gasteiger partial charge in [-0.05, 0) is 206 Å². The number of amides is 8. The second-order valence-corrected chi connectivity index (χ2v) is 37.2. The number of nitrogens with two attached hydrogens (primary N) is 1. The first-order chi connectivity index (χ1) is 55.0. The van der Waals surface area contributed by atoms with Gasteiger partial charge in [0.25, 0.3) is 0 Å². The van der Waals surface area contributed by atoms with Crippen LogP contribution in [0.25, 0.3) is 0 Å². The number of ether oxygens (including phenoxy) is 4.